The third-order valence-corrected chi connectivity index (χ3v) is 5.47. The van der Waals surface area contributed by atoms with Gasteiger partial charge >= 0.3 is 6.61 Å². The second-order valence-electron chi connectivity index (χ2n) is 6.27. The standard InChI is InChI=1S/C19H23F2N3O2S/c20-19(21)26-15-4-2-14(3-5-15)16-6-7-17(27-16)18(25)23-8-1-11-24-12-9-22-10-13-24/h2-7,19,22H,1,8-13H2,(H,23,25). The topological polar surface area (TPSA) is 53.6 Å². The number of benzene rings is 1. The van der Waals surface area contributed by atoms with Crippen molar-refractivity contribution in [1.29, 1.82) is 0 Å². The average molecular weight is 395 g/mol. The zero-order valence-corrected chi connectivity index (χ0v) is 15.7. The second-order valence-corrected chi connectivity index (χ2v) is 7.35. The first kappa shape index (κ1) is 19.7. The van der Waals surface area contributed by atoms with Gasteiger partial charge in [0.1, 0.15) is 5.75 Å². The van der Waals surface area contributed by atoms with Crippen LogP contribution in [-0.4, -0.2) is 56.7 Å². The molecule has 1 aliphatic heterocycles. The van der Waals surface area contributed by atoms with Crippen LogP contribution in [0.5, 0.6) is 5.75 Å². The number of ether oxygens (including phenoxy) is 1. The van der Waals surface area contributed by atoms with Gasteiger partial charge in [0.15, 0.2) is 0 Å². The molecule has 3 rings (SSSR count). The summed E-state index contributed by atoms with van der Waals surface area (Å²) < 4.78 is 28.7. The van der Waals surface area contributed by atoms with E-state index in [0.29, 0.717) is 11.4 Å². The van der Waals surface area contributed by atoms with Gasteiger partial charge in [-0.2, -0.15) is 8.78 Å². The predicted molar refractivity (Wildman–Crippen MR) is 103 cm³/mol. The van der Waals surface area contributed by atoms with Crippen molar-refractivity contribution in [3.05, 3.63) is 41.3 Å². The average Bonchev–Trinajstić information content (AvgIpc) is 3.16. The molecule has 0 spiro atoms. The van der Waals surface area contributed by atoms with Gasteiger partial charge in [-0.05, 0) is 54.9 Å². The van der Waals surface area contributed by atoms with E-state index in [1.807, 2.05) is 6.07 Å². The highest BCUT2D eigenvalue weighted by molar-refractivity contribution is 7.17. The number of thiophene rings is 1. The Hall–Kier alpha value is -2.03. The number of carbonyl (C=O) groups excluding carboxylic acids is 1. The minimum Gasteiger partial charge on any atom is -0.435 e. The summed E-state index contributed by atoms with van der Waals surface area (Å²) in [6.07, 6.45) is 0.926. The van der Waals surface area contributed by atoms with Crippen molar-refractivity contribution < 1.29 is 18.3 Å². The monoisotopic (exact) mass is 395 g/mol. The van der Waals surface area contributed by atoms with Gasteiger partial charge in [0.05, 0.1) is 4.88 Å². The van der Waals surface area contributed by atoms with Crippen molar-refractivity contribution >= 4 is 17.2 Å². The van der Waals surface area contributed by atoms with Gasteiger partial charge in [0.25, 0.3) is 5.91 Å². The Bertz CT molecular complexity index is 731. The molecule has 1 saturated heterocycles. The molecule has 5 nitrogen and oxygen atoms in total. The first-order chi connectivity index (χ1) is 13.1. The van der Waals surface area contributed by atoms with Gasteiger partial charge < -0.3 is 20.3 Å². The molecule has 1 fully saturated rings. The largest absolute Gasteiger partial charge is 0.435 e. The Kier molecular flexibility index (Phi) is 7.14. The molecule has 1 amide bonds. The molecule has 2 aromatic rings. The highest BCUT2D eigenvalue weighted by Gasteiger charge is 2.12. The fourth-order valence-electron chi connectivity index (χ4n) is 2.94. The van der Waals surface area contributed by atoms with Crippen LogP contribution in [0.4, 0.5) is 8.78 Å². The van der Waals surface area contributed by atoms with E-state index in [2.05, 4.69) is 20.3 Å². The smallest absolute Gasteiger partial charge is 0.387 e. The predicted octanol–water partition coefficient (Wildman–Crippen LogP) is 3.04. The fraction of sp³-hybridized carbons (Fsp3) is 0.421. The molecule has 0 unspecified atom stereocenters. The molecule has 0 bridgehead atoms. The van der Waals surface area contributed by atoms with Crippen LogP contribution in [0.1, 0.15) is 16.1 Å². The minimum atomic E-state index is -2.83. The number of amides is 1. The number of nitrogens with one attached hydrogen (secondary N) is 2. The summed E-state index contributed by atoms with van der Waals surface area (Å²) in [6, 6.07) is 10.1. The third-order valence-electron chi connectivity index (χ3n) is 4.34. The molecule has 0 saturated carbocycles. The van der Waals surface area contributed by atoms with Crippen LogP contribution in [0.2, 0.25) is 0 Å². The summed E-state index contributed by atoms with van der Waals surface area (Å²) in [4.78, 5) is 16.2. The van der Waals surface area contributed by atoms with Crippen molar-refractivity contribution in [2.24, 2.45) is 0 Å². The minimum absolute atomic E-state index is 0.0794. The van der Waals surface area contributed by atoms with E-state index in [-0.39, 0.29) is 11.7 Å². The number of rotatable bonds is 8. The summed E-state index contributed by atoms with van der Waals surface area (Å²) >= 11 is 1.38. The number of hydrogen-bond donors (Lipinski definition) is 2. The molecule has 146 valence electrons. The fourth-order valence-corrected chi connectivity index (χ4v) is 3.87. The maximum absolute atomic E-state index is 12.3. The van der Waals surface area contributed by atoms with Crippen LogP contribution < -0.4 is 15.4 Å². The molecule has 0 aliphatic carbocycles. The van der Waals surface area contributed by atoms with Gasteiger partial charge in [-0.3, -0.25) is 4.79 Å². The molecule has 2 N–H and O–H groups in total. The first-order valence-electron chi connectivity index (χ1n) is 8.98. The number of nitrogens with zero attached hydrogens (tertiary/aromatic N) is 1. The summed E-state index contributed by atoms with van der Waals surface area (Å²) in [5.41, 5.74) is 0.861. The number of hydrogen-bond acceptors (Lipinski definition) is 5. The van der Waals surface area contributed by atoms with Crippen LogP contribution >= 0.6 is 11.3 Å². The van der Waals surface area contributed by atoms with E-state index < -0.39 is 6.61 Å². The maximum Gasteiger partial charge on any atom is 0.387 e. The lowest BCUT2D eigenvalue weighted by Gasteiger charge is -2.27. The molecule has 8 heteroatoms. The quantitative estimate of drug-likeness (QED) is 0.675. The van der Waals surface area contributed by atoms with Crippen LogP contribution in [0.3, 0.4) is 0 Å². The molecular formula is C19H23F2N3O2S. The second kappa shape index (κ2) is 9.77. The highest BCUT2D eigenvalue weighted by atomic mass is 32.1. The SMILES string of the molecule is O=C(NCCCN1CCNCC1)c1ccc(-c2ccc(OC(F)F)cc2)s1. The molecule has 1 aromatic heterocycles. The maximum atomic E-state index is 12.3. The molecule has 1 aliphatic rings. The Balaban J connectivity index is 1.47. The zero-order valence-electron chi connectivity index (χ0n) is 14.9. The van der Waals surface area contributed by atoms with Gasteiger partial charge in [-0.15, -0.1) is 11.3 Å². The van der Waals surface area contributed by atoms with Gasteiger partial charge in [0.2, 0.25) is 0 Å². The Labute approximate surface area is 161 Å². The molecular weight excluding hydrogens is 372 g/mol. The number of halogens is 2. The lowest BCUT2D eigenvalue weighted by molar-refractivity contribution is -0.0498. The van der Waals surface area contributed by atoms with E-state index in [0.717, 1.165) is 49.6 Å². The Morgan fingerprint density at radius 2 is 1.93 bits per heavy atom. The van der Waals surface area contributed by atoms with Crippen molar-refractivity contribution in [3.8, 4) is 16.2 Å². The van der Waals surface area contributed by atoms with E-state index in [4.69, 9.17) is 0 Å². The van der Waals surface area contributed by atoms with E-state index >= 15 is 0 Å². The normalized spacial score (nSPS) is 15.1. The summed E-state index contributed by atoms with van der Waals surface area (Å²) in [5.74, 6) is 0.0389. The lowest BCUT2D eigenvalue weighted by atomic mass is 10.2. The first-order valence-corrected chi connectivity index (χ1v) is 9.80. The Morgan fingerprint density at radius 1 is 1.19 bits per heavy atom. The van der Waals surface area contributed by atoms with Crippen LogP contribution in [-0.2, 0) is 0 Å². The summed E-state index contributed by atoms with van der Waals surface area (Å²) in [5, 5.41) is 6.28. The van der Waals surface area contributed by atoms with Crippen molar-refractivity contribution in [2.45, 2.75) is 13.0 Å². The summed E-state index contributed by atoms with van der Waals surface area (Å²) in [6.45, 7) is 2.98. The molecule has 1 aromatic carbocycles. The number of piperazine rings is 1. The van der Waals surface area contributed by atoms with Crippen LogP contribution in [0.25, 0.3) is 10.4 Å². The van der Waals surface area contributed by atoms with Gasteiger partial charge in [-0.25, -0.2) is 0 Å². The van der Waals surface area contributed by atoms with E-state index in [1.54, 1.807) is 18.2 Å². The van der Waals surface area contributed by atoms with Crippen molar-refractivity contribution in [1.82, 2.24) is 15.5 Å². The Morgan fingerprint density at radius 3 is 2.63 bits per heavy atom. The van der Waals surface area contributed by atoms with Gasteiger partial charge in [0, 0.05) is 37.6 Å². The molecule has 2 heterocycles. The lowest BCUT2D eigenvalue weighted by Crippen LogP contribution is -2.44. The molecule has 0 atom stereocenters. The van der Waals surface area contributed by atoms with Gasteiger partial charge in [-0.1, -0.05) is 0 Å². The highest BCUT2D eigenvalue weighted by Crippen LogP contribution is 2.29. The van der Waals surface area contributed by atoms with Crippen LogP contribution in [0, 0.1) is 0 Å². The third kappa shape index (κ3) is 5.98. The van der Waals surface area contributed by atoms with Crippen molar-refractivity contribution in [2.75, 3.05) is 39.3 Å². The molecule has 27 heavy (non-hydrogen) atoms. The number of carbonyl (C=O) groups is 1. The molecule has 0 radical (unpaired) electrons. The zero-order chi connectivity index (χ0) is 19.1. The number of alkyl halides is 2. The van der Waals surface area contributed by atoms with Crippen molar-refractivity contribution in [3.63, 3.8) is 0 Å². The van der Waals surface area contributed by atoms with Crippen LogP contribution in [0.15, 0.2) is 36.4 Å². The summed E-state index contributed by atoms with van der Waals surface area (Å²) in [7, 11) is 0. The van der Waals surface area contributed by atoms with E-state index in [9.17, 15) is 13.6 Å². The van der Waals surface area contributed by atoms with E-state index in [1.165, 1.54) is 23.5 Å².